The van der Waals surface area contributed by atoms with Crippen molar-refractivity contribution in [2.45, 2.75) is 6.92 Å². The lowest BCUT2D eigenvalue weighted by molar-refractivity contribution is 0.0602. The Kier molecular flexibility index (Phi) is 4.48. The van der Waals surface area contributed by atoms with Crippen molar-refractivity contribution in [1.29, 1.82) is 0 Å². The number of aryl methyl sites for hydroxylation is 1. The molecule has 6 heteroatoms. The average Bonchev–Trinajstić information content (AvgIpc) is 3.21. The minimum atomic E-state index is -0.493. The zero-order valence-corrected chi connectivity index (χ0v) is 14.0. The van der Waals surface area contributed by atoms with Crippen molar-refractivity contribution in [2.24, 2.45) is 0 Å². The molecule has 0 bridgehead atoms. The largest absolute Gasteiger partial charge is 0.469 e. The van der Waals surface area contributed by atoms with E-state index < -0.39 is 5.97 Å². The minimum absolute atomic E-state index is 0.326. The molecule has 0 unspecified atom stereocenters. The number of carbonyl (C=O) groups excluding carboxylic acids is 2. The van der Waals surface area contributed by atoms with Crippen LogP contribution in [0.15, 0.2) is 53.1 Å². The summed E-state index contributed by atoms with van der Waals surface area (Å²) in [6, 6.07) is 13.0. The number of esters is 1. The van der Waals surface area contributed by atoms with E-state index in [9.17, 15) is 9.59 Å². The van der Waals surface area contributed by atoms with E-state index in [1.54, 1.807) is 19.1 Å². The summed E-state index contributed by atoms with van der Waals surface area (Å²) in [6.45, 7) is 1.71. The molecule has 0 aliphatic heterocycles. The third-order valence-corrected chi connectivity index (χ3v) is 4.63. The van der Waals surface area contributed by atoms with Crippen molar-refractivity contribution in [3.8, 4) is 10.4 Å². The number of anilines is 1. The number of amides is 1. The number of hydrogen-bond donors (Lipinski definition) is 1. The topological polar surface area (TPSA) is 68.5 Å². The fourth-order valence-corrected chi connectivity index (χ4v) is 3.33. The predicted octanol–water partition coefficient (Wildman–Crippen LogP) is 4.36. The van der Waals surface area contributed by atoms with Gasteiger partial charge in [-0.15, -0.1) is 11.3 Å². The van der Waals surface area contributed by atoms with E-state index in [1.807, 2.05) is 30.3 Å². The monoisotopic (exact) mass is 341 g/mol. The van der Waals surface area contributed by atoms with E-state index in [0.29, 0.717) is 21.9 Å². The molecule has 0 spiro atoms. The summed E-state index contributed by atoms with van der Waals surface area (Å²) < 4.78 is 9.97. The van der Waals surface area contributed by atoms with Crippen molar-refractivity contribution in [1.82, 2.24) is 0 Å². The van der Waals surface area contributed by atoms with Crippen LogP contribution in [0.25, 0.3) is 10.4 Å². The second kappa shape index (κ2) is 6.72. The molecule has 0 aliphatic carbocycles. The van der Waals surface area contributed by atoms with Crippen LogP contribution in [-0.2, 0) is 4.74 Å². The van der Waals surface area contributed by atoms with Gasteiger partial charge in [0, 0.05) is 4.88 Å². The van der Waals surface area contributed by atoms with E-state index in [4.69, 9.17) is 9.15 Å². The molecule has 0 saturated carbocycles. The van der Waals surface area contributed by atoms with Gasteiger partial charge in [0.25, 0.3) is 5.91 Å². The Hall–Kier alpha value is -2.86. The first kappa shape index (κ1) is 16.0. The van der Waals surface area contributed by atoms with E-state index in [1.165, 1.54) is 24.7 Å². The van der Waals surface area contributed by atoms with Gasteiger partial charge in [-0.1, -0.05) is 30.3 Å². The van der Waals surface area contributed by atoms with Gasteiger partial charge < -0.3 is 14.5 Å². The van der Waals surface area contributed by atoms with Crippen LogP contribution >= 0.6 is 11.3 Å². The van der Waals surface area contributed by atoms with Gasteiger partial charge in [0.05, 0.1) is 24.5 Å². The molecule has 122 valence electrons. The molecule has 1 N–H and O–H groups in total. The van der Waals surface area contributed by atoms with Crippen LogP contribution in [0.1, 0.15) is 26.5 Å². The highest BCUT2D eigenvalue weighted by Gasteiger charge is 2.21. The second-order valence-electron chi connectivity index (χ2n) is 5.06. The van der Waals surface area contributed by atoms with Crippen molar-refractivity contribution < 1.29 is 18.7 Å². The Labute approximate surface area is 142 Å². The van der Waals surface area contributed by atoms with Gasteiger partial charge in [0.15, 0.2) is 0 Å². The number of ether oxygens (including phenoxy) is 1. The molecule has 24 heavy (non-hydrogen) atoms. The number of hydrogen-bond acceptors (Lipinski definition) is 5. The van der Waals surface area contributed by atoms with Crippen LogP contribution in [0.3, 0.4) is 0 Å². The molecule has 2 aromatic heterocycles. The van der Waals surface area contributed by atoms with Gasteiger partial charge in [-0.05, 0) is 24.6 Å². The summed E-state index contributed by atoms with van der Waals surface area (Å²) in [5.41, 5.74) is 1.73. The molecule has 5 nitrogen and oxygen atoms in total. The molecule has 0 atom stereocenters. The lowest BCUT2D eigenvalue weighted by Crippen LogP contribution is -2.13. The molecule has 0 radical (unpaired) electrons. The Morgan fingerprint density at radius 3 is 2.50 bits per heavy atom. The number of rotatable bonds is 4. The highest BCUT2D eigenvalue weighted by Crippen LogP contribution is 2.36. The van der Waals surface area contributed by atoms with E-state index in [2.05, 4.69) is 5.32 Å². The number of methoxy groups -OCH3 is 1. The molecule has 0 aliphatic rings. The van der Waals surface area contributed by atoms with Crippen LogP contribution < -0.4 is 5.32 Å². The summed E-state index contributed by atoms with van der Waals surface area (Å²) in [6.07, 6.45) is 1.45. The summed E-state index contributed by atoms with van der Waals surface area (Å²) >= 11 is 1.32. The molecule has 0 saturated heterocycles. The van der Waals surface area contributed by atoms with Crippen molar-refractivity contribution >= 4 is 28.2 Å². The summed E-state index contributed by atoms with van der Waals surface area (Å²) in [5.74, 6) is -0.299. The Balaban J connectivity index is 1.97. The fraction of sp³-hybridized carbons (Fsp3) is 0.111. The average molecular weight is 341 g/mol. The molecule has 0 fully saturated rings. The lowest BCUT2D eigenvalue weighted by atomic mass is 10.1. The quantitative estimate of drug-likeness (QED) is 0.716. The van der Waals surface area contributed by atoms with Crippen molar-refractivity contribution in [3.05, 3.63) is 65.6 Å². The number of nitrogens with one attached hydrogen (secondary N) is 1. The summed E-state index contributed by atoms with van der Waals surface area (Å²) in [4.78, 5) is 25.3. The number of furan rings is 1. The fourth-order valence-electron chi connectivity index (χ4n) is 2.28. The van der Waals surface area contributed by atoms with Gasteiger partial charge >= 0.3 is 5.97 Å². The Bertz CT molecular complexity index is 880. The zero-order valence-electron chi connectivity index (χ0n) is 13.2. The maximum Gasteiger partial charge on any atom is 0.340 e. The SMILES string of the molecule is COC(=O)c1cc(-c2ccccc2)sc1NC(=O)c1ccoc1C. The van der Waals surface area contributed by atoms with Gasteiger partial charge in [0.2, 0.25) is 0 Å². The van der Waals surface area contributed by atoms with Gasteiger partial charge in [-0.3, -0.25) is 4.79 Å². The molecule has 1 amide bonds. The molecule has 3 rings (SSSR count). The predicted molar refractivity (Wildman–Crippen MR) is 92.5 cm³/mol. The van der Waals surface area contributed by atoms with Crippen LogP contribution in [-0.4, -0.2) is 19.0 Å². The lowest BCUT2D eigenvalue weighted by Gasteiger charge is -2.04. The summed E-state index contributed by atoms with van der Waals surface area (Å²) in [5, 5.41) is 3.23. The normalized spacial score (nSPS) is 10.4. The van der Waals surface area contributed by atoms with E-state index >= 15 is 0 Å². The first-order valence-corrected chi connectivity index (χ1v) is 8.05. The Morgan fingerprint density at radius 2 is 1.88 bits per heavy atom. The highest BCUT2D eigenvalue weighted by molar-refractivity contribution is 7.20. The molecular weight excluding hydrogens is 326 g/mol. The molecule has 3 aromatic rings. The third kappa shape index (κ3) is 3.09. The van der Waals surface area contributed by atoms with Crippen molar-refractivity contribution in [2.75, 3.05) is 12.4 Å². The van der Waals surface area contributed by atoms with Gasteiger partial charge in [-0.2, -0.15) is 0 Å². The molecule has 2 heterocycles. The number of thiophene rings is 1. The summed E-state index contributed by atoms with van der Waals surface area (Å²) in [7, 11) is 1.31. The zero-order chi connectivity index (χ0) is 17.1. The maximum absolute atomic E-state index is 12.4. The maximum atomic E-state index is 12.4. The Morgan fingerprint density at radius 1 is 1.12 bits per heavy atom. The van der Waals surface area contributed by atoms with Crippen LogP contribution in [0.5, 0.6) is 0 Å². The highest BCUT2D eigenvalue weighted by atomic mass is 32.1. The standard InChI is InChI=1S/C18H15NO4S/c1-11-13(8-9-23-11)16(20)19-17-14(18(21)22-2)10-15(24-17)12-6-4-3-5-7-12/h3-10H,1-2H3,(H,19,20). The smallest absolute Gasteiger partial charge is 0.340 e. The second-order valence-corrected chi connectivity index (χ2v) is 6.11. The molecule has 1 aromatic carbocycles. The minimum Gasteiger partial charge on any atom is -0.469 e. The van der Waals surface area contributed by atoms with Gasteiger partial charge in [-0.25, -0.2) is 4.79 Å². The molecular formula is C18H15NO4S. The van der Waals surface area contributed by atoms with E-state index in [-0.39, 0.29) is 5.91 Å². The van der Waals surface area contributed by atoms with Crippen LogP contribution in [0.4, 0.5) is 5.00 Å². The van der Waals surface area contributed by atoms with Crippen LogP contribution in [0, 0.1) is 6.92 Å². The van der Waals surface area contributed by atoms with E-state index in [0.717, 1.165) is 10.4 Å². The first-order chi connectivity index (χ1) is 11.6. The number of carbonyl (C=O) groups is 2. The van der Waals surface area contributed by atoms with Crippen LogP contribution in [0.2, 0.25) is 0 Å². The first-order valence-electron chi connectivity index (χ1n) is 7.23. The third-order valence-electron chi connectivity index (χ3n) is 3.53. The van der Waals surface area contributed by atoms with Crippen molar-refractivity contribution in [3.63, 3.8) is 0 Å². The number of benzene rings is 1. The van der Waals surface area contributed by atoms with Gasteiger partial charge in [0.1, 0.15) is 10.8 Å².